The number of carbonyl (C=O) groups is 1. The zero-order valence-electron chi connectivity index (χ0n) is 19.1. The highest BCUT2D eigenvalue weighted by molar-refractivity contribution is 5.83. The molecule has 4 aromatic rings. The molecule has 34 heavy (non-hydrogen) atoms. The predicted molar refractivity (Wildman–Crippen MR) is 130 cm³/mol. The Morgan fingerprint density at radius 3 is 2.59 bits per heavy atom. The molecule has 2 aromatic heterocycles. The minimum Gasteiger partial charge on any atom is -0.464 e. The standard InChI is InChI=1S/C27H28N4O3/c32-26(21-3-1-2-4-21)30-13-11-18(16-30)17-31-25(28-29-27(31)33)20-7-5-19(6-8-20)22-9-10-24-23(15-22)12-14-34-24/h5-10,12,14-15,18,21H,1-4,11,13,16-17H2,(H,29,33). The van der Waals surface area contributed by atoms with Gasteiger partial charge in [-0.1, -0.05) is 43.2 Å². The van der Waals surface area contributed by atoms with Gasteiger partial charge in [-0.2, -0.15) is 5.10 Å². The molecule has 0 radical (unpaired) electrons. The SMILES string of the molecule is O=C(C1CCCC1)N1CCC(Cn2c(-c3ccc(-c4ccc5occc5c4)cc3)n[nH]c2=O)C1. The quantitative estimate of drug-likeness (QED) is 0.472. The number of benzene rings is 2. The van der Waals surface area contributed by atoms with Gasteiger partial charge in [0.2, 0.25) is 5.91 Å². The van der Waals surface area contributed by atoms with Crippen LogP contribution in [0.25, 0.3) is 33.5 Å². The van der Waals surface area contributed by atoms with Crippen molar-refractivity contribution in [1.29, 1.82) is 0 Å². The van der Waals surface area contributed by atoms with Gasteiger partial charge in [0.05, 0.1) is 6.26 Å². The number of fused-ring (bicyclic) bond motifs is 1. The molecule has 3 heterocycles. The van der Waals surface area contributed by atoms with Gasteiger partial charge in [-0.05, 0) is 54.5 Å². The number of aromatic amines is 1. The first-order valence-electron chi connectivity index (χ1n) is 12.2. The highest BCUT2D eigenvalue weighted by atomic mass is 16.3. The Balaban J connectivity index is 1.18. The van der Waals surface area contributed by atoms with Crippen molar-refractivity contribution in [3.63, 3.8) is 0 Å². The van der Waals surface area contributed by atoms with Crippen LogP contribution in [0.3, 0.4) is 0 Å². The molecule has 0 spiro atoms. The van der Waals surface area contributed by atoms with E-state index in [0.717, 1.165) is 72.9 Å². The first-order valence-corrected chi connectivity index (χ1v) is 12.2. The van der Waals surface area contributed by atoms with E-state index in [4.69, 9.17) is 4.42 Å². The van der Waals surface area contributed by atoms with E-state index in [0.29, 0.717) is 18.3 Å². The minimum atomic E-state index is -0.204. The van der Waals surface area contributed by atoms with Crippen molar-refractivity contribution in [2.45, 2.75) is 38.6 Å². The number of H-pyrrole nitrogens is 1. The summed E-state index contributed by atoms with van der Waals surface area (Å²) >= 11 is 0. The fourth-order valence-electron chi connectivity index (χ4n) is 5.54. The van der Waals surface area contributed by atoms with Gasteiger partial charge in [-0.25, -0.2) is 9.89 Å². The van der Waals surface area contributed by atoms with E-state index in [-0.39, 0.29) is 17.5 Å². The molecule has 1 aliphatic heterocycles. The van der Waals surface area contributed by atoms with E-state index in [2.05, 4.69) is 28.4 Å². The molecule has 7 nitrogen and oxygen atoms in total. The Bertz CT molecular complexity index is 1370. The normalized spacial score (nSPS) is 18.8. The topological polar surface area (TPSA) is 84.1 Å². The van der Waals surface area contributed by atoms with E-state index in [1.54, 1.807) is 10.8 Å². The molecule has 7 heteroatoms. The summed E-state index contributed by atoms with van der Waals surface area (Å²) in [6.07, 6.45) is 7.00. The van der Waals surface area contributed by atoms with Gasteiger partial charge in [-0.3, -0.25) is 9.36 Å². The molecule has 2 aromatic carbocycles. The van der Waals surface area contributed by atoms with E-state index >= 15 is 0 Å². The Morgan fingerprint density at radius 1 is 1.00 bits per heavy atom. The maximum atomic E-state index is 12.8. The molecular formula is C27H28N4O3. The van der Waals surface area contributed by atoms with Gasteiger partial charge in [0, 0.05) is 36.5 Å². The number of hydrogen-bond donors (Lipinski definition) is 1. The molecule has 6 rings (SSSR count). The second-order valence-corrected chi connectivity index (χ2v) is 9.63. The van der Waals surface area contributed by atoms with Crippen LogP contribution >= 0.6 is 0 Å². The lowest BCUT2D eigenvalue weighted by Crippen LogP contribution is -2.34. The molecule has 2 fully saturated rings. The van der Waals surface area contributed by atoms with Crippen LogP contribution in [0.1, 0.15) is 32.1 Å². The minimum absolute atomic E-state index is 0.204. The van der Waals surface area contributed by atoms with E-state index in [1.165, 1.54) is 0 Å². The lowest BCUT2D eigenvalue weighted by molar-refractivity contribution is -0.134. The largest absolute Gasteiger partial charge is 0.464 e. The number of nitrogens with one attached hydrogen (secondary N) is 1. The number of aromatic nitrogens is 3. The summed E-state index contributed by atoms with van der Waals surface area (Å²) in [6, 6.07) is 16.2. The summed E-state index contributed by atoms with van der Waals surface area (Å²) in [5.74, 6) is 1.42. The summed E-state index contributed by atoms with van der Waals surface area (Å²) in [6.45, 7) is 2.08. The van der Waals surface area contributed by atoms with Crippen molar-refractivity contribution in [2.75, 3.05) is 13.1 Å². The number of rotatable bonds is 5. The van der Waals surface area contributed by atoms with Gasteiger partial charge < -0.3 is 9.32 Å². The summed E-state index contributed by atoms with van der Waals surface area (Å²) in [5, 5.41) is 8.00. The van der Waals surface area contributed by atoms with Gasteiger partial charge in [0.1, 0.15) is 5.58 Å². The third kappa shape index (κ3) is 3.85. The summed E-state index contributed by atoms with van der Waals surface area (Å²) < 4.78 is 7.16. The lowest BCUT2D eigenvalue weighted by Gasteiger charge is -2.20. The van der Waals surface area contributed by atoms with Crippen molar-refractivity contribution in [3.8, 4) is 22.5 Å². The number of carbonyl (C=O) groups excluding carboxylic acids is 1. The molecule has 1 unspecified atom stereocenters. The van der Waals surface area contributed by atoms with Crippen molar-refractivity contribution >= 4 is 16.9 Å². The van der Waals surface area contributed by atoms with E-state index in [1.807, 2.05) is 35.2 Å². The number of nitrogens with zero attached hydrogens (tertiary/aromatic N) is 3. The van der Waals surface area contributed by atoms with Gasteiger partial charge in [-0.15, -0.1) is 0 Å². The van der Waals surface area contributed by atoms with Crippen LogP contribution in [-0.2, 0) is 11.3 Å². The number of hydrogen-bond acceptors (Lipinski definition) is 4. The summed E-state index contributed by atoms with van der Waals surface area (Å²) in [4.78, 5) is 27.4. The van der Waals surface area contributed by atoms with Crippen LogP contribution in [0.15, 0.2) is 64.0 Å². The van der Waals surface area contributed by atoms with Crippen LogP contribution in [0.5, 0.6) is 0 Å². The molecule has 0 bridgehead atoms. The molecule has 1 saturated heterocycles. The Morgan fingerprint density at radius 2 is 1.76 bits per heavy atom. The van der Waals surface area contributed by atoms with E-state index < -0.39 is 0 Å². The lowest BCUT2D eigenvalue weighted by atomic mass is 10.0. The summed E-state index contributed by atoms with van der Waals surface area (Å²) in [5.41, 5.74) is 3.76. The Labute approximate surface area is 197 Å². The second-order valence-electron chi connectivity index (χ2n) is 9.63. The molecule has 1 N–H and O–H groups in total. The molecule has 1 aliphatic carbocycles. The fourth-order valence-corrected chi connectivity index (χ4v) is 5.54. The number of likely N-dealkylation sites (tertiary alicyclic amines) is 1. The number of amides is 1. The van der Waals surface area contributed by atoms with Crippen molar-refractivity contribution in [2.24, 2.45) is 11.8 Å². The third-order valence-electron chi connectivity index (χ3n) is 7.43. The average molecular weight is 457 g/mol. The average Bonchev–Trinajstić information content (AvgIpc) is 3.67. The summed E-state index contributed by atoms with van der Waals surface area (Å²) in [7, 11) is 0. The second kappa shape index (κ2) is 8.63. The van der Waals surface area contributed by atoms with Gasteiger partial charge >= 0.3 is 5.69 Å². The zero-order chi connectivity index (χ0) is 23.1. The van der Waals surface area contributed by atoms with Crippen molar-refractivity contribution in [1.82, 2.24) is 19.7 Å². The Kier molecular flexibility index (Phi) is 5.32. The Hall–Kier alpha value is -3.61. The van der Waals surface area contributed by atoms with Crippen LogP contribution in [0.2, 0.25) is 0 Å². The molecule has 1 atom stereocenters. The highest BCUT2D eigenvalue weighted by Gasteiger charge is 2.32. The molecule has 174 valence electrons. The maximum absolute atomic E-state index is 12.8. The first-order chi connectivity index (χ1) is 16.7. The van der Waals surface area contributed by atoms with Crippen molar-refractivity contribution < 1.29 is 9.21 Å². The smallest absolute Gasteiger partial charge is 0.343 e. The van der Waals surface area contributed by atoms with Gasteiger partial charge in [0.25, 0.3) is 0 Å². The fraction of sp³-hybridized carbons (Fsp3) is 0.370. The van der Waals surface area contributed by atoms with Crippen LogP contribution in [0, 0.1) is 11.8 Å². The third-order valence-corrected chi connectivity index (χ3v) is 7.43. The van der Waals surface area contributed by atoms with E-state index in [9.17, 15) is 9.59 Å². The van der Waals surface area contributed by atoms with Crippen LogP contribution < -0.4 is 5.69 Å². The monoisotopic (exact) mass is 456 g/mol. The maximum Gasteiger partial charge on any atom is 0.343 e. The van der Waals surface area contributed by atoms with Crippen LogP contribution in [0.4, 0.5) is 0 Å². The first kappa shape index (κ1) is 21.0. The molecule has 1 amide bonds. The van der Waals surface area contributed by atoms with Crippen LogP contribution in [-0.4, -0.2) is 38.7 Å². The number of furan rings is 1. The van der Waals surface area contributed by atoms with Gasteiger partial charge in [0.15, 0.2) is 5.82 Å². The molecular weight excluding hydrogens is 428 g/mol. The van der Waals surface area contributed by atoms with Crippen molar-refractivity contribution in [3.05, 3.63) is 65.3 Å². The highest BCUT2D eigenvalue weighted by Crippen LogP contribution is 2.30. The zero-order valence-corrected chi connectivity index (χ0v) is 19.1. The molecule has 2 aliphatic rings. The predicted octanol–water partition coefficient (Wildman–Crippen LogP) is 4.69. The molecule has 1 saturated carbocycles.